The summed E-state index contributed by atoms with van der Waals surface area (Å²) in [5.74, 6) is 0.454. The van der Waals surface area contributed by atoms with Gasteiger partial charge in [-0.3, -0.25) is 4.99 Å². The number of piperidine rings is 1. The van der Waals surface area contributed by atoms with Crippen LogP contribution in [0.25, 0.3) is 0 Å². The lowest BCUT2D eigenvalue weighted by Crippen LogP contribution is -2.45. The Kier molecular flexibility index (Phi) is 7.34. The molecule has 1 saturated heterocycles. The molecule has 0 aliphatic carbocycles. The predicted octanol–water partition coefficient (Wildman–Crippen LogP) is 4.56. The van der Waals surface area contributed by atoms with Gasteiger partial charge in [-0.05, 0) is 59.7 Å². The molecule has 2 unspecified atom stereocenters. The Labute approximate surface area is 236 Å². The maximum absolute atomic E-state index is 13.2. The van der Waals surface area contributed by atoms with E-state index in [2.05, 4.69) is 15.2 Å². The number of hydrogen-bond acceptors (Lipinski definition) is 9. The number of nitrogens with zero attached hydrogens (tertiary/aromatic N) is 5. The number of nitrogens with one attached hydrogen (secondary N) is 1. The number of aliphatic hydroxyl groups is 1. The van der Waals surface area contributed by atoms with Crippen LogP contribution in [-0.2, 0) is 16.6 Å². The number of halogens is 1. The van der Waals surface area contributed by atoms with Gasteiger partial charge in [-0.2, -0.15) is 4.31 Å². The summed E-state index contributed by atoms with van der Waals surface area (Å²) < 4.78 is 28.0. The molecule has 0 saturated carbocycles. The minimum absolute atomic E-state index is 0.0338. The van der Waals surface area contributed by atoms with Crippen molar-refractivity contribution in [3.8, 4) is 0 Å². The highest BCUT2D eigenvalue weighted by Crippen LogP contribution is 2.46. The molecular formula is C27H27ClN6O3S2. The molecule has 4 heterocycles. The van der Waals surface area contributed by atoms with Crippen molar-refractivity contribution < 1.29 is 13.5 Å². The van der Waals surface area contributed by atoms with E-state index in [1.54, 1.807) is 30.1 Å². The van der Waals surface area contributed by atoms with Crippen LogP contribution in [0.15, 0.2) is 82.3 Å². The molecule has 0 radical (unpaired) electrons. The molecule has 202 valence electrons. The van der Waals surface area contributed by atoms with Crippen LogP contribution in [-0.4, -0.2) is 57.0 Å². The number of hydrogen-bond donors (Lipinski definition) is 2. The molecule has 3 aliphatic rings. The van der Waals surface area contributed by atoms with Crippen molar-refractivity contribution in [3.05, 3.63) is 94.2 Å². The summed E-state index contributed by atoms with van der Waals surface area (Å²) in [6, 6.07) is 15.5. The molecule has 3 aliphatic heterocycles. The molecule has 39 heavy (non-hydrogen) atoms. The lowest BCUT2D eigenvalue weighted by Gasteiger charge is -2.32. The predicted molar refractivity (Wildman–Crippen MR) is 153 cm³/mol. The fourth-order valence-corrected chi connectivity index (χ4v) is 7.63. The van der Waals surface area contributed by atoms with Gasteiger partial charge in [0.15, 0.2) is 5.17 Å². The van der Waals surface area contributed by atoms with E-state index in [0.717, 1.165) is 34.8 Å². The van der Waals surface area contributed by atoms with Gasteiger partial charge in [0.25, 0.3) is 0 Å². The third-order valence-corrected chi connectivity index (χ3v) is 10.0. The second kappa shape index (κ2) is 10.9. The molecule has 0 amide bonds. The highest BCUT2D eigenvalue weighted by atomic mass is 35.5. The van der Waals surface area contributed by atoms with Crippen molar-refractivity contribution in [3.63, 3.8) is 0 Å². The number of benzene rings is 2. The summed E-state index contributed by atoms with van der Waals surface area (Å²) in [6.45, 7) is 0.741. The molecule has 1 aromatic heterocycles. The highest BCUT2D eigenvalue weighted by Gasteiger charge is 2.40. The molecule has 2 N–H and O–H groups in total. The molecule has 2 aromatic carbocycles. The normalized spacial score (nSPS) is 23.1. The lowest BCUT2D eigenvalue weighted by molar-refractivity contribution is 0.281. The van der Waals surface area contributed by atoms with Crippen molar-refractivity contribution in [2.75, 3.05) is 18.4 Å². The number of aliphatic imine (C=N–C) groups is 1. The summed E-state index contributed by atoms with van der Waals surface area (Å²) in [5, 5.41) is 16.4. The van der Waals surface area contributed by atoms with E-state index in [4.69, 9.17) is 21.6 Å². The SMILES string of the molecule is O=S(=O)(c1ccc(Cl)cc1)N1CCC[C@@H](Nc2nccc(C3C(c4cccc(CO)c4)N=C4SC=CN43)n2)C1. The standard InChI is InChI=1S/C27H27ClN6O3S2/c28-20-6-8-22(9-7-20)39(36,37)33-12-2-5-21(16-33)30-26-29-11-10-23(31-26)25-24(32-27-34(25)13-14-38-27)19-4-1-3-18(15-19)17-35/h1,3-4,6-11,13-15,21,24-25,35H,2,5,12,16-17H2,(H,29,30,31)/t21-,24?,25?/m1/s1. The Balaban J connectivity index is 1.22. The second-order valence-electron chi connectivity index (χ2n) is 9.62. The number of amidine groups is 1. The largest absolute Gasteiger partial charge is 0.392 e. The smallest absolute Gasteiger partial charge is 0.243 e. The first kappa shape index (κ1) is 26.3. The van der Waals surface area contributed by atoms with Crippen LogP contribution >= 0.6 is 23.4 Å². The Morgan fingerprint density at radius 3 is 2.82 bits per heavy atom. The zero-order chi connectivity index (χ0) is 27.0. The maximum Gasteiger partial charge on any atom is 0.243 e. The fraction of sp³-hybridized carbons (Fsp3) is 0.296. The summed E-state index contributed by atoms with van der Waals surface area (Å²) >= 11 is 7.52. The molecule has 9 nitrogen and oxygen atoms in total. The molecular weight excluding hydrogens is 556 g/mol. The Morgan fingerprint density at radius 1 is 1.15 bits per heavy atom. The van der Waals surface area contributed by atoms with Crippen molar-refractivity contribution in [2.24, 2.45) is 4.99 Å². The number of rotatable bonds is 7. The first-order valence-electron chi connectivity index (χ1n) is 12.7. The van der Waals surface area contributed by atoms with Crippen molar-refractivity contribution in [2.45, 2.75) is 42.5 Å². The molecule has 3 aromatic rings. The Bertz CT molecular complexity index is 1530. The summed E-state index contributed by atoms with van der Waals surface area (Å²) in [4.78, 5) is 16.6. The highest BCUT2D eigenvalue weighted by molar-refractivity contribution is 8.16. The van der Waals surface area contributed by atoms with E-state index >= 15 is 0 Å². The monoisotopic (exact) mass is 582 g/mol. The molecule has 1 fully saturated rings. The van der Waals surface area contributed by atoms with Gasteiger partial charge in [-0.1, -0.05) is 47.6 Å². The Morgan fingerprint density at radius 2 is 2.00 bits per heavy atom. The van der Waals surface area contributed by atoms with Crippen LogP contribution in [0.2, 0.25) is 5.02 Å². The summed E-state index contributed by atoms with van der Waals surface area (Å²) in [7, 11) is -3.63. The van der Waals surface area contributed by atoms with Gasteiger partial charge in [-0.15, -0.1) is 0 Å². The van der Waals surface area contributed by atoms with Crippen LogP contribution in [0.4, 0.5) is 5.95 Å². The molecule has 3 atom stereocenters. The van der Waals surface area contributed by atoms with Gasteiger partial charge in [0, 0.05) is 36.6 Å². The average Bonchev–Trinajstić information content (AvgIpc) is 3.55. The van der Waals surface area contributed by atoms with E-state index in [1.807, 2.05) is 41.9 Å². The number of fused-ring (bicyclic) bond motifs is 1. The van der Waals surface area contributed by atoms with Gasteiger partial charge in [0.2, 0.25) is 16.0 Å². The van der Waals surface area contributed by atoms with Crippen molar-refractivity contribution in [1.29, 1.82) is 0 Å². The van der Waals surface area contributed by atoms with Crippen LogP contribution in [0.5, 0.6) is 0 Å². The summed E-state index contributed by atoms with van der Waals surface area (Å²) in [5.41, 5.74) is 2.65. The minimum Gasteiger partial charge on any atom is -0.392 e. The van der Waals surface area contributed by atoms with Gasteiger partial charge in [0.05, 0.1) is 17.2 Å². The van der Waals surface area contributed by atoms with E-state index in [9.17, 15) is 13.5 Å². The van der Waals surface area contributed by atoms with E-state index in [1.165, 1.54) is 16.4 Å². The van der Waals surface area contributed by atoms with Crippen molar-refractivity contribution in [1.82, 2.24) is 19.2 Å². The lowest BCUT2D eigenvalue weighted by atomic mass is 9.96. The average molecular weight is 583 g/mol. The second-order valence-corrected chi connectivity index (χ2v) is 12.9. The first-order chi connectivity index (χ1) is 18.9. The quantitative estimate of drug-likeness (QED) is 0.417. The first-order valence-corrected chi connectivity index (χ1v) is 15.4. The van der Waals surface area contributed by atoms with Gasteiger partial charge in [0.1, 0.15) is 12.1 Å². The minimum atomic E-state index is -3.63. The summed E-state index contributed by atoms with van der Waals surface area (Å²) in [6.07, 6.45) is 5.27. The van der Waals surface area contributed by atoms with Gasteiger partial charge < -0.3 is 15.3 Å². The molecule has 6 rings (SSSR count). The van der Waals surface area contributed by atoms with E-state index in [0.29, 0.717) is 24.1 Å². The van der Waals surface area contributed by atoms with Crippen LogP contribution < -0.4 is 5.32 Å². The zero-order valence-electron chi connectivity index (χ0n) is 20.9. The third kappa shape index (κ3) is 5.29. The maximum atomic E-state index is 13.2. The topological polar surface area (TPSA) is 111 Å². The van der Waals surface area contributed by atoms with Gasteiger partial charge >= 0.3 is 0 Å². The fourth-order valence-electron chi connectivity index (χ4n) is 5.19. The molecule has 0 bridgehead atoms. The third-order valence-electron chi connectivity index (χ3n) is 7.09. The van der Waals surface area contributed by atoms with Crippen molar-refractivity contribution >= 4 is 44.5 Å². The number of aromatic nitrogens is 2. The van der Waals surface area contributed by atoms with E-state index in [-0.39, 0.29) is 29.6 Å². The molecule has 0 spiro atoms. The van der Waals surface area contributed by atoms with Gasteiger partial charge in [-0.25, -0.2) is 18.4 Å². The van der Waals surface area contributed by atoms with Crippen LogP contribution in [0.3, 0.4) is 0 Å². The Hall–Kier alpha value is -2.96. The van der Waals surface area contributed by atoms with Crippen LogP contribution in [0, 0.1) is 0 Å². The van der Waals surface area contributed by atoms with E-state index < -0.39 is 10.0 Å². The zero-order valence-corrected chi connectivity index (χ0v) is 23.3. The number of anilines is 1. The number of aliphatic hydroxyl groups excluding tert-OH is 1. The van der Waals surface area contributed by atoms with Crippen LogP contribution in [0.1, 0.15) is 41.7 Å². The number of thioether (sulfide) groups is 1. The number of sulfonamides is 1. The molecule has 12 heteroatoms.